The number of anilines is 2. The number of imidazole rings is 2. The molecule has 0 unspecified atom stereocenters. The van der Waals surface area contributed by atoms with Crippen LogP contribution in [0.5, 0.6) is 0 Å². The van der Waals surface area contributed by atoms with Gasteiger partial charge in [0.2, 0.25) is 0 Å². The largest absolute Gasteiger partial charge is 0.435 e. The van der Waals surface area contributed by atoms with Gasteiger partial charge in [0.25, 0.3) is 0 Å². The van der Waals surface area contributed by atoms with Crippen LogP contribution in [0.2, 0.25) is 0 Å². The first-order valence-electron chi connectivity index (χ1n) is 20.4. The van der Waals surface area contributed by atoms with Crippen molar-refractivity contribution in [2.24, 2.45) is 20.0 Å². The Balaban J connectivity index is 0.000000158. The van der Waals surface area contributed by atoms with Crippen LogP contribution in [0.25, 0.3) is 22.3 Å². The fourth-order valence-corrected chi connectivity index (χ4v) is 8.79. The van der Waals surface area contributed by atoms with Crippen molar-refractivity contribution < 1.29 is 65.4 Å². The molecule has 2 fully saturated rings. The van der Waals surface area contributed by atoms with Gasteiger partial charge in [0.15, 0.2) is 0 Å². The van der Waals surface area contributed by atoms with Gasteiger partial charge in [-0.3, -0.25) is 19.9 Å². The minimum atomic E-state index is 0. The summed E-state index contributed by atoms with van der Waals surface area (Å²) in [5.41, 5.74) is 9.88. The van der Waals surface area contributed by atoms with Crippen LogP contribution < -0.4 is 10.6 Å². The minimum Gasteiger partial charge on any atom is -0.435 e. The van der Waals surface area contributed by atoms with E-state index in [9.17, 15) is 0 Å². The summed E-state index contributed by atoms with van der Waals surface area (Å²) in [7, 11) is 3.88. The summed E-state index contributed by atoms with van der Waals surface area (Å²) in [6.07, 6.45) is 22.1. The zero-order chi connectivity index (χ0) is 37.9. The van der Waals surface area contributed by atoms with Crippen LogP contribution in [0.4, 0.5) is 11.6 Å². The molecule has 2 radical (unpaired) electrons. The van der Waals surface area contributed by atoms with Crippen LogP contribution in [0, 0.1) is 32.4 Å². The Labute approximate surface area is 387 Å². The molecular weight excluding hydrogens is 862 g/mol. The minimum absolute atomic E-state index is 0. The number of aromatic nitrogens is 10. The summed E-state index contributed by atoms with van der Waals surface area (Å²) < 4.78 is 3.72. The van der Waals surface area contributed by atoms with E-state index in [0.29, 0.717) is 17.8 Å². The zero-order valence-corrected chi connectivity index (χ0v) is 39.9. The van der Waals surface area contributed by atoms with Gasteiger partial charge in [-0.1, -0.05) is 31.9 Å². The third-order valence-electron chi connectivity index (χ3n) is 11.9. The Morgan fingerprint density at radius 3 is 1.68 bits per heavy atom. The summed E-state index contributed by atoms with van der Waals surface area (Å²) in [4.78, 5) is 36.4. The molecule has 2 aliphatic carbocycles. The van der Waals surface area contributed by atoms with Gasteiger partial charge in [-0.2, -0.15) is 0 Å². The average Bonchev–Trinajstić information content (AvgIpc) is 3.79. The normalized spacial score (nSPS) is 21.1. The standard InChI is InChI=1S/C21H25N6.C14H19N4.C8H10N2.2Y/c1-13-24-18(19-21(25-13)27(2)12-23-19)15-7-5-14(6-8-15)17-10-9-16-4-3-11-22-20(16)26-17;1-9-4-6-11(7-5-9)12-13-14(17-10(2)16-12)18(3)8-15-13;1-3-7-4-2-6-10-8(7)9-5-1;;/h9-10,14-15H,3-8,11H2,1-2H3,(H,22,26);9,11H,4-7H2,1-3H3;1,3,5H,2,4,6H2,(H,9,10);;/q2*-1;;;. The molecule has 6 aromatic heterocycles. The fraction of sp³-hybridized carbons (Fsp3) is 0.535. The van der Waals surface area contributed by atoms with Crippen molar-refractivity contribution in [1.29, 1.82) is 0 Å². The van der Waals surface area contributed by atoms with Crippen LogP contribution in [0.1, 0.15) is 129 Å². The van der Waals surface area contributed by atoms with E-state index in [1.807, 2.05) is 49.3 Å². The fourth-order valence-electron chi connectivity index (χ4n) is 8.79. The van der Waals surface area contributed by atoms with Gasteiger partial charge < -0.3 is 29.7 Å². The second-order valence-corrected chi connectivity index (χ2v) is 16.0. The van der Waals surface area contributed by atoms with Gasteiger partial charge in [0.05, 0.1) is 0 Å². The topological polar surface area (TPSA) is 137 Å². The monoisotopic (exact) mass is 916 g/mol. The molecule has 2 N–H and O–H groups in total. The molecule has 0 saturated heterocycles. The van der Waals surface area contributed by atoms with Gasteiger partial charge in [0.1, 0.15) is 23.3 Å². The quantitative estimate of drug-likeness (QED) is 0.169. The molecule has 0 aromatic carbocycles. The van der Waals surface area contributed by atoms with Crippen molar-refractivity contribution >= 4 is 34.0 Å². The second-order valence-electron chi connectivity index (χ2n) is 16.0. The molecule has 0 atom stereocenters. The average molecular weight is 917 g/mol. The molecule has 294 valence electrons. The van der Waals surface area contributed by atoms with Crippen molar-refractivity contribution in [3.05, 3.63) is 83.0 Å². The van der Waals surface area contributed by atoms with Crippen molar-refractivity contribution in [3.63, 3.8) is 0 Å². The summed E-state index contributed by atoms with van der Waals surface area (Å²) in [5.74, 6) is 6.25. The second kappa shape index (κ2) is 20.0. The van der Waals surface area contributed by atoms with Crippen molar-refractivity contribution in [3.8, 4) is 0 Å². The molecule has 4 aliphatic rings. The van der Waals surface area contributed by atoms with Crippen LogP contribution in [0.3, 0.4) is 0 Å². The van der Waals surface area contributed by atoms with Gasteiger partial charge >= 0.3 is 0 Å². The zero-order valence-electron chi connectivity index (χ0n) is 34.2. The summed E-state index contributed by atoms with van der Waals surface area (Å²) in [6.45, 7) is 8.38. The Morgan fingerprint density at radius 2 is 1.12 bits per heavy atom. The maximum atomic E-state index is 4.94. The maximum absolute atomic E-state index is 4.94. The smallest absolute Gasteiger partial charge is 0.129 e. The molecule has 0 bridgehead atoms. The predicted molar refractivity (Wildman–Crippen MR) is 216 cm³/mol. The Kier molecular flexibility index (Phi) is 15.3. The van der Waals surface area contributed by atoms with Crippen molar-refractivity contribution in [1.82, 2.24) is 49.0 Å². The molecule has 14 heteroatoms. The number of hydrogen-bond donors (Lipinski definition) is 2. The van der Waals surface area contributed by atoms with Gasteiger partial charge in [-0.25, -0.2) is 9.97 Å². The van der Waals surface area contributed by atoms with Crippen molar-refractivity contribution in [2.45, 2.75) is 116 Å². The summed E-state index contributed by atoms with van der Waals surface area (Å²) >= 11 is 0. The van der Waals surface area contributed by atoms with E-state index in [0.717, 1.165) is 108 Å². The van der Waals surface area contributed by atoms with E-state index < -0.39 is 0 Å². The Bertz CT molecular complexity index is 2230. The number of nitrogens with one attached hydrogen (secondary N) is 2. The summed E-state index contributed by atoms with van der Waals surface area (Å²) in [6, 6.07) is 8.65. The maximum Gasteiger partial charge on any atom is 0.129 e. The molecule has 2 saturated carbocycles. The van der Waals surface area contributed by atoms with E-state index in [1.54, 1.807) is 0 Å². The molecule has 0 amide bonds. The summed E-state index contributed by atoms with van der Waals surface area (Å²) in [5, 5.41) is 6.71. The van der Waals surface area contributed by atoms with Gasteiger partial charge in [-0.15, -0.1) is 0 Å². The number of rotatable bonds is 3. The van der Waals surface area contributed by atoms with E-state index in [4.69, 9.17) is 9.97 Å². The third kappa shape index (κ3) is 10.2. The van der Waals surface area contributed by atoms with E-state index >= 15 is 0 Å². The first-order chi connectivity index (χ1) is 26.8. The van der Waals surface area contributed by atoms with Crippen molar-refractivity contribution in [2.75, 3.05) is 23.7 Å². The Morgan fingerprint density at radius 1 is 0.614 bits per heavy atom. The van der Waals surface area contributed by atoms with E-state index in [2.05, 4.69) is 78.3 Å². The van der Waals surface area contributed by atoms with Crippen LogP contribution in [0.15, 0.2) is 30.5 Å². The molecule has 0 spiro atoms. The molecule has 12 nitrogen and oxygen atoms in total. The van der Waals surface area contributed by atoms with Crippen LogP contribution >= 0.6 is 0 Å². The molecule has 2 aliphatic heterocycles. The third-order valence-corrected chi connectivity index (χ3v) is 11.9. The van der Waals surface area contributed by atoms with Crippen LogP contribution in [-0.2, 0) is 92.4 Å². The Hall–Kier alpha value is -2.79. The number of fused-ring (bicyclic) bond motifs is 4. The van der Waals surface area contributed by atoms with E-state index in [-0.39, 0.29) is 65.4 Å². The molecule has 57 heavy (non-hydrogen) atoms. The van der Waals surface area contributed by atoms with Gasteiger partial charge in [0, 0.05) is 132 Å². The number of hydrogen-bond acceptors (Lipinski definition) is 10. The molecule has 8 heterocycles. The number of aryl methyl sites for hydroxylation is 6. The SMILES string of the molecule is Cc1nc(C2CCC(C)CC2)c2n[c-]n(C)c2n1.Cc1nc(C2CCC(c3ccc4c(n3)NCCC4)CC2)c2n[c-]n(C)c2n1.[Y].[Y].c1cnc2c(c1)CCCN2. The predicted octanol–water partition coefficient (Wildman–Crippen LogP) is 7.87. The number of nitrogens with zero attached hydrogens (tertiary/aromatic N) is 10. The van der Waals surface area contributed by atoms with E-state index in [1.165, 1.54) is 61.8 Å². The molecular formula is C43H54N12Y2-2. The number of pyridine rings is 2. The van der Waals surface area contributed by atoms with Gasteiger partial charge in [-0.05, 0) is 144 Å². The first-order valence-corrected chi connectivity index (χ1v) is 20.4. The molecule has 6 aromatic rings. The van der Waals surface area contributed by atoms with Crippen LogP contribution in [-0.4, -0.2) is 62.1 Å². The first kappa shape index (κ1) is 43.8. The molecule has 10 rings (SSSR count).